The Morgan fingerprint density at radius 1 is 1.35 bits per heavy atom. The third-order valence-electron chi connectivity index (χ3n) is 7.18. The topological polar surface area (TPSA) is 117 Å². The van der Waals surface area contributed by atoms with Crippen LogP contribution in [0.15, 0.2) is 42.0 Å². The number of fused-ring (bicyclic) bond motifs is 3. The molecule has 0 saturated carbocycles. The van der Waals surface area contributed by atoms with Gasteiger partial charge in [0.15, 0.2) is 5.79 Å². The van der Waals surface area contributed by atoms with E-state index in [0.717, 1.165) is 0 Å². The number of nitrogens with zero attached hydrogens (tertiary/aromatic N) is 3. The van der Waals surface area contributed by atoms with Crippen LogP contribution in [0.1, 0.15) is 33.6 Å². The fraction of sp³-hybridized carbons (Fsp3) is 0.577. The molecule has 5 heterocycles. The van der Waals surface area contributed by atoms with E-state index in [4.69, 9.17) is 14.2 Å². The Morgan fingerprint density at radius 3 is 2.85 bits per heavy atom. The van der Waals surface area contributed by atoms with E-state index in [1.54, 1.807) is 18.2 Å². The minimum absolute atomic E-state index is 0.192. The van der Waals surface area contributed by atoms with Crippen LogP contribution in [0.5, 0.6) is 5.75 Å². The quantitative estimate of drug-likeness (QED) is 0.462. The van der Waals surface area contributed by atoms with E-state index in [1.165, 1.54) is 24.1 Å². The third kappa shape index (κ3) is 5.97. The highest BCUT2D eigenvalue weighted by atomic mass is 19.4. The molecule has 14 heteroatoms. The highest BCUT2D eigenvalue weighted by Crippen LogP contribution is 2.34. The van der Waals surface area contributed by atoms with Crippen LogP contribution in [0.2, 0.25) is 0 Å². The zero-order chi connectivity index (χ0) is 28.7. The maximum absolute atomic E-state index is 13.5. The molecule has 1 aromatic heterocycles. The highest BCUT2D eigenvalue weighted by molar-refractivity contribution is 5.91. The van der Waals surface area contributed by atoms with E-state index in [9.17, 15) is 22.8 Å². The summed E-state index contributed by atoms with van der Waals surface area (Å²) >= 11 is 0. The van der Waals surface area contributed by atoms with Gasteiger partial charge in [0.25, 0.3) is 0 Å². The van der Waals surface area contributed by atoms with Crippen molar-refractivity contribution in [2.75, 3.05) is 31.6 Å². The van der Waals surface area contributed by atoms with E-state index in [2.05, 4.69) is 25.8 Å². The van der Waals surface area contributed by atoms with E-state index in [1.807, 2.05) is 13.8 Å². The van der Waals surface area contributed by atoms with Gasteiger partial charge in [-0.2, -0.15) is 13.2 Å². The lowest BCUT2D eigenvalue weighted by atomic mass is 10.1. The Kier molecular flexibility index (Phi) is 7.57. The number of alkyl halides is 3. The second kappa shape index (κ2) is 10.8. The van der Waals surface area contributed by atoms with Crippen molar-refractivity contribution < 1.29 is 37.0 Å². The van der Waals surface area contributed by atoms with Crippen LogP contribution in [-0.4, -0.2) is 89.2 Å². The maximum Gasteiger partial charge on any atom is 0.408 e. The minimum Gasteiger partial charge on any atom is -0.491 e. The molecule has 4 aliphatic rings. The summed E-state index contributed by atoms with van der Waals surface area (Å²) in [5.41, 5.74) is 0.697. The number of carbonyl (C=O) groups is 2. The van der Waals surface area contributed by atoms with Crippen LogP contribution < -0.4 is 20.7 Å². The number of hydrogen-bond acceptors (Lipinski definition) is 8. The van der Waals surface area contributed by atoms with E-state index in [0.29, 0.717) is 43.4 Å². The number of rotatable bonds is 7. The standard InChI is InChI=1S/C26H33F3N6O5/c1-4-20(26(27,28)29)32-23(36)18-5-6-19-22(31-18)35(15-8-10-34(19)12-15)24(37)33-21-11-16(7-9-30-21)38-13-17-14-39-25(2,3)40-17/h5-7,9,11,15,17-18,20,31H,4,8,10,12-14H2,1-3H3,(H,32,36)(H,30,33,37)/t15-,17-,18?,20+/m0/s1. The number of anilines is 1. The van der Waals surface area contributed by atoms with E-state index < -0.39 is 36.0 Å². The number of allylic oxidation sites excluding steroid dienone is 1. The van der Waals surface area contributed by atoms with Crippen LogP contribution in [0, 0.1) is 0 Å². The van der Waals surface area contributed by atoms with Gasteiger partial charge < -0.3 is 29.7 Å². The van der Waals surface area contributed by atoms with E-state index >= 15 is 0 Å². The molecule has 3 N–H and O–H groups in total. The van der Waals surface area contributed by atoms with Crippen molar-refractivity contribution in [2.24, 2.45) is 0 Å². The number of ether oxygens (including phenoxy) is 3. The molecule has 0 radical (unpaired) electrons. The molecule has 218 valence electrons. The molecule has 0 aromatic carbocycles. The largest absolute Gasteiger partial charge is 0.491 e. The number of carbonyl (C=O) groups excluding carboxylic acids is 2. The van der Waals surface area contributed by atoms with Crippen LogP contribution in [0.3, 0.4) is 0 Å². The van der Waals surface area contributed by atoms with Gasteiger partial charge in [-0.1, -0.05) is 13.0 Å². The molecule has 11 nitrogen and oxygen atoms in total. The molecule has 40 heavy (non-hydrogen) atoms. The molecule has 3 amide bonds. The van der Waals surface area contributed by atoms with E-state index in [-0.39, 0.29) is 31.0 Å². The van der Waals surface area contributed by atoms with Crippen LogP contribution in [-0.2, 0) is 14.3 Å². The predicted octanol–water partition coefficient (Wildman–Crippen LogP) is 2.69. The highest BCUT2D eigenvalue weighted by Gasteiger charge is 2.44. The number of halogens is 3. The van der Waals surface area contributed by atoms with Gasteiger partial charge in [-0.3, -0.25) is 15.0 Å². The summed E-state index contributed by atoms with van der Waals surface area (Å²) in [4.78, 5) is 34.1. The zero-order valence-corrected chi connectivity index (χ0v) is 22.5. The fourth-order valence-electron chi connectivity index (χ4n) is 5.21. The summed E-state index contributed by atoms with van der Waals surface area (Å²) in [7, 11) is 0. The van der Waals surface area contributed by atoms with Crippen LogP contribution >= 0.6 is 0 Å². The maximum atomic E-state index is 13.5. The van der Waals surface area contributed by atoms with Gasteiger partial charge >= 0.3 is 12.2 Å². The lowest BCUT2D eigenvalue weighted by Gasteiger charge is -2.41. The SMILES string of the molecule is CC[C@@H](NC(=O)C1C=CC2=C(N1)N(C(=O)Nc1cc(OC[C@H]3COC(C)(C)O3)ccn1)[C@H]1CCN2C1)C(F)(F)F. The summed E-state index contributed by atoms with van der Waals surface area (Å²) in [5.74, 6) is -0.393. The molecule has 5 rings (SSSR count). The first-order valence-electron chi connectivity index (χ1n) is 13.3. The zero-order valence-electron chi connectivity index (χ0n) is 22.5. The molecule has 2 bridgehead atoms. The average Bonchev–Trinajstić information content (AvgIpc) is 3.48. The number of nitrogens with one attached hydrogen (secondary N) is 3. The molecular weight excluding hydrogens is 533 g/mol. The predicted molar refractivity (Wildman–Crippen MR) is 137 cm³/mol. The number of pyridine rings is 1. The van der Waals surface area contributed by atoms with Crippen molar-refractivity contribution in [3.05, 3.63) is 42.0 Å². The first kappa shape index (κ1) is 28.0. The Bertz CT molecular complexity index is 1210. The molecule has 1 aromatic rings. The summed E-state index contributed by atoms with van der Waals surface area (Å²) in [6, 6.07) is -0.467. The summed E-state index contributed by atoms with van der Waals surface area (Å²) in [6.07, 6.45) is 0.295. The fourth-order valence-corrected chi connectivity index (χ4v) is 5.21. The third-order valence-corrected chi connectivity index (χ3v) is 7.18. The second-order valence-electron chi connectivity index (χ2n) is 10.6. The molecule has 0 spiro atoms. The monoisotopic (exact) mass is 566 g/mol. The Morgan fingerprint density at radius 2 is 2.15 bits per heavy atom. The second-order valence-corrected chi connectivity index (χ2v) is 10.6. The van der Waals surface area contributed by atoms with Crippen molar-refractivity contribution in [1.82, 2.24) is 25.4 Å². The van der Waals surface area contributed by atoms with Gasteiger partial charge in [0, 0.05) is 25.4 Å². The van der Waals surface area contributed by atoms with Crippen molar-refractivity contribution in [3.63, 3.8) is 0 Å². The summed E-state index contributed by atoms with van der Waals surface area (Å²) < 4.78 is 56.8. The normalized spacial score (nSPS) is 25.8. The van der Waals surface area contributed by atoms with Crippen molar-refractivity contribution in [1.29, 1.82) is 0 Å². The van der Waals surface area contributed by atoms with Gasteiger partial charge in [0.05, 0.1) is 18.3 Å². The molecule has 2 saturated heterocycles. The number of urea groups is 1. The summed E-state index contributed by atoms with van der Waals surface area (Å²) in [5, 5.41) is 7.84. The molecular formula is C26H33F3N6O5. The van der Waals surface area contributed by atoms with Gasteiger partial charge in [-0.15, -0.1) is 0 Å². The van der Waals surface area contributed by atoms with Gasteiger partial charge in [-0.05, 0) is 38.8 Å². The lowest BCUT2D eigenvalue weighted by molar-refractivity contribution is -0.162. The number of amides is 3. The first-order chi connectivity index (χ1) is 18.9. The van der Waals surface area contributed by atoms with Crippen molar-refractivity contribution in [2.45, 2.75) is 69.8 Å². The molecule has 4 aliphatic heterocycles. The number of dihydropyridines is 1. The summed E-state index contributed by atoms with van der Waals surface area (Å²) in [6.45, 7) is 6.97. The number of hydrogen-bond donors (Lipinski definition) is 3. The van der Waals surface area contributed by atoms with Crippen LogP contribution in [0.25, 0.3) is 0 Å². The minimum atomic E-state index is -4.56. The Labute approximate surface area is 229 Å². The van der Waals surface area contributed by atoms with Gasteiger partial charge in [0.2, 0.25) is 5.91 Å². The lowest BCUT2D eigenvalue weighted by Crippen LogP contribution is -2.57. The van der Waals surface area contributed by atoms with Crippen molar-refractivity contribution >= 4 is 17.8 Å². The Balaban J connectivity index is 1.26. The number of aromatic nitrogens is 1. The molecule has 1 unspecified atom stereocenters. The average molecular weight is 567 g/mol. The van der Waals surface area contributed by atoms with Gasteiger partial charge in [0.1, 0.15) is 42.2 Å². The van der Waals surface area contributed by atoms with Crippen LogP contribution in [0.4, 0.5) is 23.8 Å². The molecule has 0 aliphatic carbocycles. The van der Waals surface area contributed by atoms with Crippen molar-refractivity contribution in [3.8, 4) is 5.75 Å². The smallest absolute Gasteiger partial charge is 0.408 e. The van der Waals surface area contributed by atoms with Gasteiger partial charge in [-0.25, -0.2) is 9.78 Å². The first-order valence-corrected chi connectivity index (χ1v) is 13.3. The Hall–Kier alpha value is -3.52. The molecule has 4 atom stereocenters. The molecule has 2 fully saturated rings.